The summed E-state index contributed by atoms with van der Waals surface area (Å²) in [4.78, 5) is 22.0. The van der Waals surface area contributed by atoms with Gasteiger partial charge < -0.3 is 5.32 Å². The molecule has 2 heterocycles. The zero-order valence-corrected chi connectivity index (χ0v) is 15.1. The second-order valence-corrected chi connectivity index (χ2v) is 7.18. The highest BCUT2D eigenvalue weighted by molar-refractivity contribution is 7.99. The number of nitrogens with one attached hydrogen (secondary N) is 1. The summed E-state index contributed by atoms with van der Waals surface area (Å²) in [6.07, 6.45) is 1.73. The van der Waals surface area contributed by atoms with Gasteiger partial charge in [-0.1, -0.05) is 30.0 Å². The minimum absolute atomic E-state index is 0.0566. The van der Waals surface area contributed by atoms with Crippen LogP contribution in [-0.4, -0.2) is 21.6 Å². The highest BCUT2D eigenvalue weighted by atomic mass is 32.2. The van der Waals surface area contributed by atoms with Crippen LogP contribution in [0.3, 0.4) is 0 Å². The molecule has 4 nitrogen and oxygen atoms in total. The van der Waals surface area contributed by atoms with Crippen LogP contribution in [0, 0.1) is 13.8 Å². The molecule has 0 radical (unpaired) electrons. The van der Waals surface area contributed by atoms with Gasteiger partial charge in [0.2, 0.25) is 5.91 Å². The molecule has 2 aromatic heterocycles. The molecule has 6 heteroatoms. The second-order valence-electron chi connectivity index (χ2n) is 5.29. The predicted octanol–water partition coefficient (Wildman–Crippen LogP) is 4.55. The van der Waals surface area contributed by atoms with Gasteiger partial charge in [0.05, 0.1) is 16.3 Å². The molecule has 24 heavy (non-hydrogen) atoms. The van der Waals surface area contributed by atoms with Crippen LogP contribution in [-0.2, 0) is 4.79 Å². The number of rotatable bonds is 5. The molecule has 1 aromatic carbocycles. The first kappa shape index (κ1) is 16.7. The third-order valence-electron chi connectivity index (χ3n) is 3.62. The molecule has 3 rings (SSSR count). The number of hydrogen-bond donors (Lipinski definition) is 1. The van der Waals surface area contributed by atoms with E-state index in [0.29, 0.717) is 5.16 Å². The Morgan fingerprint density at radius 3 is 2.88 bits per heavy atom. The first-order valence-electron chi connectivity index (χ1n) is 7.49. The maximum atomic E-state index is 12.2. The smallest absolute Gasteiger partial charge is 0.234 e. The average molecular weight is 355 g/mol. The number of carbonyl (C=O) groups is 1. The summed E-state index contributed by atoms with van der Waals surface area (Å²) in [5.41, 5.74) is 3.99. The molecule has 1 N–H and O–H groups in total. The summed E-state index contributed by atoms with van der Waals surface area (Å²) >= 11 is 2.97. The Bertz CT molecular complexity index is 847. The maximum Gasteiger partial charge on any atom is 0.234 e. The fourth-order valence-corrected chi connectivity index (χ4v) is 3.50. The first-order chi connectivity index (χ1) is 11.6. The Hall–Kier alpha value is -2.18. The summed E-state index contributed by atoms with van der Waals surface area (Å²) in [6, 6.07) is 11.8. The minimum Gasteiger partial charge on any atom is -0.325 e. The van der Waals surface area contributed by atoms with Gasteiger partial charge in [0, 0.05) is 11.9 Å². The van der Waals surface area contributed by atoms with Gasteiger partial charge in [-0.15, -0.1) is 11.3 Å². The van der Waals surface area contributed by atoms with Crippen molar-refractivity contribution in [3.05, 3.63) is 59.1 Å². The number of hydrogen-bond acceptors (Lipinski definition) is 5. The van der Waals surface area contributed by atoms with Gasteiger partial charge in [0.15, 0.2) is 5.16 Å². The van der Waals surface area contributed by atoms with Crippen LogP contribution >= 0.6 is 23.1 Å². The Balaban J connectivity index is 1.62. The quantitative estimate of drug-likeness (QED) is 0.539. The third kappa shape index (κ3) is 4.01. The number of carbonyl (C=O) groups excluding carboxylic acids is 1. The van der Waals surface area contributed by atoms with Crippen LogP contribution in [0.5, 0.6) is 0 Å². The molecule has 3 aromatic rings. The molecular formula is C18H17N3OS2. The maximum absolute atomic E-state index is 12.2. The zero-order valence-electron chi connectivity index (χ0n) is 13.4. The standard InChI is InChI=1S/C18H17N3OS2/c1-12-5-3-6-14(13(12)2)20-17(22)11-24-18-19-9-8-15(21-18)16-7-4-10-23-16/h3-10H,11H2,1-2H3,(H,20,22). The van der Waals surface area contributed by atoms with Crippen LogP contribution in [0.2, 0.25) is 0 Å². The fourth-order valence-electron chi connectivity index (χ4n) is 2.17. The summed E-state index contributed by atoms with van der Waals surface area (Å²) in [5.74, 6) is 0.222. The molecule has 0 aliphatic carbocycles. The van der Waals surface area contributed by atoms with Gasteiger partial charge in [-0.3, -0.25) is 4.79 Å². The lowest BCUT2D eigenvalue weighted by atomic mass is 10.1. The SMILES string of the molecule is Cc1cccc(NC(=O)CSc2nccc(-c3cccs3)n2)c1C. The van der Waals surface area contributed by atoms with Gasteiger partial charge >= 0.3 is 0 Å². The summed E-state index contributed by atoms with van der Waals surface area (Å²) in [5, 5.41) is 5.57. The number of benzene rings is 1. The van der Waals surface area contributed by atoms with Crippen molar-refractivity contribution in [3.63, 3.8) is 0 Å². The number of nitrogens with zero attached hydrogens (tertiary/aromatic N) is 2. The van der Waals surface area contributed by atoms with Gasteiger partial charge in [-0.2, -0.15) is 0 Å². The van der Waals surface area contributed by atoms with Crippen LogP contribution in [0.1, 0.15) is 11.1 Å². The van der Waals surface area contributed by atoms with Crippen LogP contribution in [0.4, 0.5) is 5.69 Å². The van der Waals surface area contributed by atoms with E-state index < -0.39 is 0 Å². The number of thioether (sulfide) groups is 1. The lowest BCUT2D eigenvalue weighted by Gasteiger charge is -2.10. The molecule has 0 saturated heterocycles. The molecule has 0 fully saturated rings. The highest BCUT2D eigenvalue weighted by Crippen LogP contribution is 2.24. The highest BCUT2D eigenvalue weighted by Gasteiger charge is 2.09. The number of amides is 1. The van der Waals surface area contributed by atoms with E-state index in [0.717, 1.165) is 27.4 Å². The van der Waals surface area contributed by atoms with E-state index in [2.05, 4.69) is 15.3 Å². The molecule has 0 saturated carbocycles. The van der Waals surface area contributed by atoms with E-state index in [1.54, 1.807) is 17.5 Å². The van der Waals surface area contributed by atoms with Crippen molar-refractivity contribution in [2.75, 3.05) is 11.1 Å². The van der Waals surface area contributed by atoms with Crippen molar-refractivity contribution in [3.8, 4) is 10.6 Å². The molecule has 0 aliphatic heterocycles. The van der Waals surface area contributed by atoms with Crippen molar-refractivity contribution >= 4 is 34.7 Å². The molecule has 0 bridgehead atoms. The number of aromatic nitrogens is 2. The van der Waals surface area contributed by atoms with Crippen LogP contribution in [0.15, 0.2) is 53.1 Å². The van der Waals surface area contributed by atoms with E-state index in [9.17, 15) is 4.79 Å². The largest absolute Gasteiger partial charge is 0.325 e. The van der Waals surface area contributed by atoms with Gasteiger partial charge in [-0.25, -0.2) is 9.97 Å². The predicted molar refractivity (Wildman–Crippen MR) is 101 cm³/mol. The molecular weight excluding hydrogens is 338 g/mol. The summed E-state index contributed by atoms with van der Waals surface area (Å²) in [7, 11) is 0. The topological polar surface area (TPSA) is 54.9 Å². The van der Waals surface area contributed by atoms with Gasteiger partial charge in [-0.05, 0) is 48.6 Å². The molecule has 122 valence electrons. The number of thiophene rings is 1. The molecule has 0 spiro atoms. The number of aryl methyl sites for hydroxylation is 1. The van der Waals surface area contributed by atoms with Crippen LogP contribution < -0.4 is 5.32 Å². The molecule has 0 atom stereocenters. The van der Waals surface area contributed by atoms with E-state index in [1.165, 1.54) is 11.8 Å². The normalized spacial score (nSPS) is 10.6. The minimum atomic E-state index is -0.0566. The molecule has 0 aliphatic rings. The Labute approximate surface area is 149 Å². The van der Waals surface area contributed by atoms with Crippen molar-refractivity contribution in [1.29, 1.82) is 0 Å². The van der Waals surface area contributed by atoms with Crippen molar-refractivity contribution in [2.45, 2.75) is 19.0 Å². The monoisotopic (exact) mass is 355 g/mol. The fraction of sp³-hybridized carbons (Fsp3) is 0.167. The summed E-state index contributed by atoms with van der Waals surface area (Å²) in [6.45, 7) is 4.04. The van der Waals surface area contributed by atoms with E-state index in [-0.39, 0.29) is 11.7 Å². The molecule has 1 amide bonds. The Morgan fingerprint density at radius 2 is 2.08 bits per heavy atom. The summed E-state index contributed by atoms with van der Waals surface area (Å²) < 4.78 is 0. The Morgan fingerprint density at radius 1 is 1.21 bits per heavy atom. The number of anilines is 1. The van der Waals surface area contributed by atoms with Crippen molar-refractivity contribution in [1.82, 2.24) is 9.97 Å². The average Bonchev–Trinajstić information content (AvgIpc) is 3.12. The first-order valence-corrected chi connectivity index (χ1v) is 9.36. The second kappa shape index (κ2) is 7.59. The zero-order chi connectivity index (χ0) is 16.9. The van der Waals surface area contributed by atoms with Crippen molar-refractivity contribution in [2.24, 2.45) is 0 Å². The van der Waals surface area contributed by atoms with Gasteiger partial charge in [0.25, 0.3) is 0 Å². The lowest BCUT2D eigenvalue weighted by Crippen LogP contribution is -2.15. The van der Waals surface area contributed by atoms with Crippen LogP contribution in [0.25, 0.3) is 10.6 Å². The van der Waals surface area contributed by atoms with E-state index in [1.807, 2.05) is 55.6 Å². The Kier molecular flexibility index (Phi) is 5.27. The van der Waals surface area contributed by atoms with Crippen molar-refractivity contribution < 1.29 is 4.79 Å². The van der Waals surface area contributed by atoms with Gasteiger partial charge in [0.1, 0.15) is 0 Å². The van der Waals surface area contributed by atoms with E-state index in [4.69, 9.17) is 0 Å². The lowest BCUT2D eigenvalue weighted by molar-refractivity contribution is -0.113. The third-order valence-corrected chi connectivity index (χ3v) is 5.37. The molecule has 0 unspecified atom stereocenters. The van der Waals surface area contributed by atoms with E-state index >= 15 is 0 Å².